The Labute approximate surface area is 161 Å². The van der Waals surface area contributed by atoms with Gasteiger partial charge < -0.3 is 4.90 Å². The van der Waals surface area contributed by atoms with Gasteiger partial charge in [0, 0.05) is 42.7 Å². The summed E-state index contributed by atoms with van der Waals surface area (Å²) < 4.78 is 39.5. The zero-order valence-corrected chi connectivity index (χ0v) is 15.2. The summed E-state index contributed by atoms with van der Waals surface area (Å²) in [6.45, 7) is 1.77. The number of hydrogen-bond donors (Lipinski definition) is 0. The third kappa shape index (κ3) is 3.98. The highest BCUT2D eigenvalue weighted by molar-refractivity contribution is 5.68. The summed E-state index contributed by atoms with van der Waals surface area (Å²) in [5.41, 5.74) is 0.995. The van der Waals surface area contributed by atoms with Crippen LogP contribution in [-0.4, -0.2) is 28.0 Å². The standard InChI is InChI=1S/C21H19F3N4/c22-21(23,24)17-6-4-5-16(13-17)18-14-19(28-11-2-1-3-12-28)27-20(26-18)15-7-9-25-10-8-15/h4-10,13-14H,1-3,11-12H2. The molecule has 144 valence electrons. The van der Waals surface area contributed by atoms with Crippen molar-refractivity contribution in [3.05, 3.63) is 60.4 Å². The lowest BCUT2D eigenvalue weighted by Crippen LogP contribution is -2.30. The lowest BCUT2D eigenvalue weighted by atomic mass is 10.1. The molecule has 4 nitrogen and oxygen atoms in total. The highest BCUT2D eigenvalue weighted by atomic mass is 19.4. The first kappa shape index (κ1) is 18.4. The molecule has 0 spiro atoms. The first-order chi connectivity index (χ1) is 13.5. The number of alkyl halides is 3. The SMILES string of the molecule is FC(F)(F)c1cccc(-c2cc(N3CCCCC3)nc(-c3ccncc3)n2)c1. The van der Waals surface area contributed by atoms with Crippen LogP contribution in [0.4, 0.5) is 19.0 Å². The minimum atomic E-state index is -4.40. The Balaban J connectivity index is 1.82. The molecule has 7 heteroatoms. The summed E-state index contributed by atoms with van der Waals surface area (Å²) >= 11 is 0. The topological polar surface area (TPSA) is 41.9 Å². The van der Waals surface area contributed by atoms with Crippen molar-refractivity contribution in [2.45, 2.75) is 25.4 Å². The fourth-order valence-corrected chi connectivity index (χ4v) is 3.35. The van der Waals surface area contributed by atoms with Crippen LogP contribution >= 0.6 is 0 Å². The second kappa shape index (κ2) is 7.58. The zero-order valence-electron chi connectivity index (χ0n) is 15.2. The number of pyridine rings is 1. The Kier molecular flexibility index (Phi) is 4.98. The average molecular weight is 384 g/mol. The molecule has 2 aromatic heterocycles. The van der Waals surface area contributed by atoms with Gasteiger partial charge in [0.15, 0.2) is 5.82 Å². The number of aromatic nitrogens is 3. The summed E-state index contributed by atoms with van der Waals surface area (Å²) in [6, 6.07) is 10.6. The van der Waals surface area contributed by atoms with Gasteiger partial charge in [0.05, 0.1) is 11.3 Å². The van der Waals surface area contributed by atoms with Crippen LogP contribution < -0.4 is 4.90 Å². The largest absolute Gasteiger partial charge is 0.416 e. The molecule has 1 fully saturated rings. The van der Waals surface area contributed by atoms with Gasteiger partial charge in [-0.2, -0.15) is 13.2 Å². The Morgan fingerprint density at radius 3 is 2.29 bits per heavy atom. The van der Waals surface area contributed by atoms with Gasteiger partial charge >= 0.3 is 6.18 Å². The van der Waals surface area contributed by atoms with E-state index in [-0.39, 0.29) is 0 Å². The Hall–Kier alpha value is -2.96. The second-order valence-electron chi connectivity index (χ2n) is 6.80. The van der Waals surface area contributed by atoms with E-state index in [4.69, 9.17) is 0 Å². The fraction of sp³-hybridized carbons (Fsp3) is 0.286. The van der Waals surface area contributed by atoms with Crippen LogP contribution in [0.5, 0.6) is 0 Å². The molecular formula is C21H19F3N4. The van der Waals surface area contributed by atoms with Crippen LogP contribution in [0.25, 0.3) is 22.6 Å². The molecule has 1 aliphatic heterocycles. The van der Waals surface area contributed by atoms with Crippen LogP contribution in [0.3, 0.4) is 0 Å². The molecule has 4 rings (SSSR count). The average Bonchev–Trinajstić information content (AvgIpc) is 2.74. The van der Waals surface area contributed by atoms with Crippen molar-refractivity contribution < 1.29 is 13.2 Å². The van der Waals surface area contributed by atoms with E-state index in [0.717, 1.165) is 49.4 Å². The number of halogens is 3. The first-order valence-electron chi connectivity index (χ1n) is 9.23. The molecule has 0 saturated carbocycles. The summed E-state index contributed by atoms with van der Waals surface area (Å²) in [5.74, 6) is 1.23. The molecule has 1 aromatic carbocycles. The Morgan fingerprint density at radius 2 is 1.57 bits per heavy atom. The third-order valence-electron chi connectivity index (χ3n) is 4.82. The highest BCUT2D eigenvalue weighted by Gasteiger charge is 2.30. The molecule has 0 N–H and O–H groups in total. The molecule has 0 bridgehead atoms. The van der Waals surface area contributed by atoms with E-state index in [9.17, 15) is 13.2 Å². The molecule has 0 aliphatic carbocycles. The van der Waals surface area contributed by atoms with Gasteiger partial charge in [0.1, 0.15) is 5.82 Å². The lowest BCUT2D eigenvalue weighted by molar-refractivity contribution is -0.137. The monoisotopic (exact) mass is 384 g/mol. The third-order valence-corrected chi connectivity index (χ3v) is 4.82. The molecular weight excluding hydrogens is 365 g/mol. The number of benzene rings is 1. The number of rotatable bonds is 3. The second-order valence-corrected chi connectivity index (χ2v) is 6.80. The molecule has 1 aliphatic rings. The van der Waals surface area contributed by atoms with Crippen LogP contribution in [0.1, 0.15) is 24.8 Å². The molecule has 0 atom stereocenters. The number of hydrogen-bond acceptors (Lipinski definition) is 4. The molecule has 1 saturated heterocycles. The molecule has 28 heavy (non-hydrogen) atoms. The van der Waals surface area contributed by atoms with E-state index >= 15 is 0 Å². The van der Waals surface area contributed by atoms with Crippen molar-refractivity contribution in [2.24, 2.45) is 0 Å². The van der Waals surface area contributed by atoms with Crippen molar-refractivity contribution in [1.82, 2.24) is 15.0 Å². The number of anilines is 1. The van der Waals surface area contributed by atoms with Gasteiger partial charge in [-0.05, 0) is 43.5 Å². The van der Waals surface area contributed by atoms with Crippen molar-refractivity contribution in [2.75, 3.05) is 18.0 Å². The smallest absolute Gasteiger partial charge is 0.356 e. The molecule has 0 radical (unpaired) electrons. The van der Waals surface area contributed by atoms with Crippen LogP contribution in [0.2, 0.25) is 0 Å². The molecule has 3 heterocycles. The van der Waals surface area contributed by atoms with Crippen LogP contribution in [-0.2, 0) is 6.18 Å². The van der Waals surface area contributed by atoms with E-state index in [1.807, 2.05) is 0 Å². The summed E-state index contributed by atoms with van der Waals surface area (Å²) in [6.07, 6.45) is 2.24. The summed E-state index contributed by atoms with van der Waals surface area (Å²) in [5, 5.41) is 0. The quantitative estimate of drug-likeness (QED) is 0.621. The molecule has 0 unspecified atom stereocenters. The maximum Gasteiger partial charge on any atom is 0.416 e. The van der Waals surface area contributed by atoms with Gasteiger partial charge in [0.25, 0.3) is 0 Å². The van der Waals surface area contributed by atoms with Crippen molar-refractivity contribution >= 4 is 5.82 Å². The van der Waals surface area contributed by atoms with Crippen molar-refractivity contribution in [3.63, 3.8) is 0 Å². The predicted octanol–water partition coefficient (Wildman–Crippen LogP) is 5.21. The van der Waals surface area contributed by atoms with E-state index in [0.29, 0.717) is 17.1 Å². The maximum atomic E-state index is 13.2. The van der Waals surface area contributed by atoms with Gasteiger partial charge in [-0.1, -0.05) is 12.1 Å². The Bertz CT molecular complexity index is 951. The minimum Gasteiger partial charge on any atom is -0.356 e. The van der Waals surface area contributed by atoms with E-state index in [2.05, 4.69) is 19.9 Å². The maximum absolute atomic E-state index is 13.2. The van der Waals surface area contributed by atoms with E-state index < -0.39 is 11.7 Å². The van der Waals surface area contributed by atoms with Gasteiger partial charge in [-0.25, -0.2) is 9.97 Å². The van der Waals surface area contributed by atoms with Crippen LogP contribution in [0, 0.1) is 0 Å². The zero-order chi connectivity index (χ0) is 19.6. The predicted molar refractivity (Wildman–Crippen MR) is 102 cm³/mol. The Morgan fingerprint density at radius 1 is 0.821 bits per heavy atom. The van der Waals surface area contributed by atoms with Gasteiger partial charge in [-0.15, -0.1) is 0 Å². The van der Waals surface area contributed by atoms with Gasteiger partial charge in [0.2, 0.25) is 0 Å². The minimum absolute atomic E-state index is 0.422. The van der Waals surface area contributed by atoms with Crippen molar-refractivity contribution in [1.29, 1.82) is 0 Å². The fourth-order valence-electron chi connectivity index (χ4n) is 3.35. The van der Waals surface area contributed by atoms with Crippen molar-refractivity contribution in [3.8, 4) is 22.6 Å². The highest BCUT2D eigenvalue weighted by Crippen LogP contribution is 2.33. The van der Waals surface area contributed by atoms with E-state index in [1.165, 1.54) is 12.5 Å². The normalized spacial score (nSPS) is 14.9. The molecule has 3 aromatic rings. The van der Waals surface area contributed by atoms with E-state index in [1.54, 1.807) is 36.7 Å². The lowest BCUT2D eigenvalue weighted by Gasteiger charge is -2.28. The number of piperidine rings is 1. The number of nitrogens with zero attached hydrogens (tertiary/aromatic N) is 4. The summed E-state index contributed by atoms with van der Waals surface area (Å²) in [4.78, 5) is 15.4. The summed E-state index contributed by atoms with van der Waals surface area (Å²) in [7, 11) is 0. The van der Waals surface area contributed by atoms with Crippen LogP contribution in [0.15, 0.2) is 54.9 Å². The first-order valence-corrected chi connectivity index (χ1v) is 9.23. The van der Waals surface area contributed by atoms with Gasteiger partial charge in [-0.3, -0.25) is 4.98 Å². The molecule has 0 amide bonds.